The van der Waals surface area contributed by atoms with Gasteiger partial charge in [0.25, 0.3) is 0 Å². The molecule has 1 rings (SSSR count). The molecular weight excluding hydrogens is 216 g/mol. The molecule has 17 heavy (non-hydrogen) atoms. The van der Waals surface area contributed by atoms with Gasteiger partial charge in [0, 0.05) is 12.1 Å². The van der Waals surface area contributed by atoms with E-state index in [1.807, 2.05) is 7.05 Å². The van der Waals surface area contributed by atoms with Gasteiger partial charge in [0.1, 0.15) is 5.54 Å². The van der Waals surface area contributed by atoms with Crippen molar-refractivity contribution in [2.75, 3.05) is 21.2 Å². The van der Waals surface area contributed by atoms with Crippen molar-refractivity contribution < 1.29 is 9.53 Å². The Morgan fingerprint density at radius 1 is 1.65 bits per heavy atom. The number of hydrogen-bond donors (Lipinski definition) is 1. The van der Waals surface area contributed by atoms with Crippen molar-refractivity contribution in [3.63, 3.8) is 0 Å². The van der Waals surface area contributed by atoms with E-state index in [2.05, 4.69) is 31.1 Å². The Morgan fingerprint density at radius 3 is 2.76 bits per heavy atom. The molecule has 1 aliphatic carbocycles. The molecule has 0 heterocycles. The predicted molar refractivity (Wildman–Crippen MR) is 69.0 cm³/mol. The molecule has 0 aliphatic heterocycles. The van der Waals surface area contributed by atoms with Crippen LogP contribution in [0.1, 0.15) is 39.5 Å². The smallest absolute Gasteiger partial charge is 0.326 e. The number of ether oxygens (including phenoxy) is 1. The van der Waals surface area contributed by atoms with Crippen molar-refractivity contribution in [1.82, 2.24) is 10.2 Å². The molecule has 3 atom stereocenters. The van der Waals surface area contributed by atoms with Crippen LogP contribution in [0.25, 0.3) is 0 Å². The molecule has 1 fully saturated rings. The maximum atomic E-state index is 11.9. The van der Waals surface area contributed by atoms with Gasteiger partial charge in [-0.3, -0.25) is 4.79 Å². The first-order chi connectivity index (χ1) is 8.00. The van der Waals surface area contributed by atoms with Crippen LogP contribution in [0.4, 0.5) is 0 Å². The van der Waals surface area contributed by atoms with Gasteiger partial charge >= 0.3 is 5.97 Å². The van der Waals surface area contributed by atoms with E-state index in [1.165, 1.54) is 7.11 Å². The molecule has 100 valence electrons. The first kappa shape index (κ1) is 14.5. The Hall–Kier alpha value is -0.610. The van der Waals surface area contributed by atoms with Gasteiger partial charge in [0.2, 0.25) is 0 Å². The molecule has 0 aromatic heterocycles. The minimum absolute atomic E-state index is 0.125. The van der Waals surface area contributed by atoms with E-state index in [1.54, 1.807) is 0 Å². The third kappa shape index (κ3) is 2.80. The Morgan fingerprint density at radius 2 is 2.29 bits per heavy atom. The third-order valence-corrected chi connectivity index (χ3v) is 4.41. The van der Waals surface area contributed by atoms with Gasteiger partial charge in [0.15, 0.2) is 0 Å². The number of carbonyl (C=O) groups excluding carboxylic acids is 1. The van der Waals surface area contributed by atoms with E-state index in [0.717, 1.165) is 25.7 Å². The van der Waals surface area contributed by atoms with Crippen LogP contribution < -0.4 is 5.32 Å². The molecule has 1 N–H and O–H groups in total. The first-order valence-corrected chi connectivity index (χ1v) is 6.50. The highest BCUT2D eigenvalue weighted by atomic mass is 16.5. The van der Waals surface area contributed by atoms with Crippen molar-refractivity contribution in [3.8, 4) is 0 Å². The van der Waals surface area contributed by atoms with Crippen LogP contribution in [0, 0.1) is 0 Å². The average Bonchev–Trinajstić information content (AvgIpc) is 2.81. The number of carbonyl (C=O) groups is 1. The number of nitrogens with zero attached hydrogens (tertiary/aromatic N) is 1. The topological polar surface area (TPSA) is 41.6 Å². The van der Waals surface area contributed by atoms with E-state index in [0.29, 0.717) is 12.1 Å². The fraction of sp³-hybridized carbons (Fsp3) is 0.923. The summed E-state index contributed by atoms with van der Waals surface area (Å²) in [5.41, 5.74) is -0.471. The maximum Gasteiger partial charge on any atom is 0.326 e. The molecule has 4 heteroatoms. The van der Waals surface area contributed by atoms with E-state index in [9.17, 15) is 4.79 Å². The molecule has 0 saturated heterocycles. The maximum absolute atomic E-state index is 11.9. The fourth-order valence-electron chi connectivity index (χ4n) is 2.72. The van der Waals surface area contributed by atoms with Crippen LogP contribution in [0.2, 0.25) is 0 Å². The molecule has 0 spiro atoms. The lowest BCUT2D eigenvalue weighted by Gasteiger charge is -2.32. The fourth-order valence-corrected chi connectivity index (χ4v) is 2.72. The predicted octanol–water partition coefficient (Wildman–Crippen LogP) is 1.40. The number of likely N-dealkylation sites (N-methyl/N-ethyl adjacent to an activating group) is 1. The Kier molecular flexibility index (Phi) is 4.95. The molecule has 1 saturated carbocycles. The summed E-state index contributed by atoms with van der Waals surface area (Å²) in [6, 6.07) is 1.03. The number of hydrogen-bond acceptors (Lipinski definition) is 4. The Labute approximate surface area is 105 Å². The largest absolute Gasteiger partial charge is 0.468 e. The molecule has 0 aromatic rings. The normalized spacial score (nSPS) is 30.6. The summed E-state index contributed by atoms with van der Waals surface area (Å²) in [5.74, 6) is -0.125. The van der Waals surface area contributed by atoms with Gasteiger partial charge in [-0.15, -0.1) is 0 Å². The minimum Gasteiger partial charge on any atom is -0.468 e. The summed E-state index contributed by atoms with van der Waals surface area (Å²) in [5, 5.41) is 3.17. The van der Waals surface area contributed by atoms with E-state index < -0.39 is 5.54 Å². The SMILES string of the molecule is CCC(C)N(C)C1CCC(NC)(C(=O)OC)C1. The standard InChI is InChI=1S/C13H26N2O2/c1-6-10(2)15(4)11-7-8-13(9-11,14-3)12(16)17-5/h10-11,14H,6-9H2,1-5H3. The Balaban J connectivity index is 2.70. The average molecular weight is 242 g/mol. The summed E-state index contributed by atoms with van der Waals surface area (Å²) in [7, 11) is 5.47. The monoisotopic (exact) mass is 242 g/mol. The van der Waals surface area contributed by atoms with Crippen molar-refractivity contribution in [2.24, 2.45) is 0 Å². The third-order valence-electron chi connectivity index (χ3n) is 4.41. The van der Waals surface area contributed by atoms with Crippen molar-refractivity contribution in [2.45, 2.75) is 57.2 Å². The van der Waals surface area contributed by atoms with Crippen LogP contribution in [-0.4, -0.2) is 49.7 Å². The quantitative estimate of drug-likeness (QED) is 0.740. The molecule has 4 nitrogen and oxygen atoms in total. The van der Waals surface area contributed by atoms with E-state index in [-0.39, 0.29) is 5.97 Å². The zero-order valence-electron chi connectivity index (χ0n) is 11.7. The highest BCUT2D eigenvalue weighted by Gasteiger charge is 2.46. The lowest BCUT2D eigenvalue weighted by molar-refractivity contribution is -0.148. The van der Waals surface area contributed by atoms with Crippen LogP contribution in [0.3, 0.4) is 0 Å². The van der Waals surface area contributed by atoms with Gasteiger partial charge < -0.3 is 15.0 Å². The number of methoxy groups -OCH3 is 1. The van der Waals surface area contributed by atoms with Crippen LogP contribution in [0.15, 0.2) is 0 Å². The molecular formula is C13H26N2O2. The molecule has 0 aromatic carbocycles. The van der Waals surface area contributed by atoms with Crippen LogP contribution in [-0.2, 0) is 9.53 Å². The molecule has 0 bridgehead atoms. The van der Waals surface area contributed by atoms with Gasteiger partial charge in [0.05, 0.1) is 7.11 Å². The van der Waals surface area contributed by atoms with Crippen LogP contribution >= 0.6 is 0 Å². The number of esters is 1. The zero-order chi connectivity index (χ0) is 13.1. The number of nitrogens with one attached hydrogen (secondary N) is 1. The molecule has 3 unspecified atom stereocenters. The van der Waals surface area contributed by atoms with Gasteiger partial charge in [-0.05, 0) is 46.7 Å². The first-order valence-electron chi connectivity index (χ1n) is 6.50. The number of rotatable bonds is 5. The lowest BCUT2D eigenvalue weighted by atomic mass is 9.97. The molecule has 0 radical (unpaired) electrons. The Bertz CT molecular complexity index is 270. The summed E-state index contributed by atoms with van der Waals surface area (Å²) < 4.78 is 4.92. The molecule has 0 amide bonds. The highest BCUT2D eigenvalue weighted by molar-refractivity contribution is 5.81. The minimum atomic E-state index is -0.471. The van der Waals surface area contributed by atoms with Gasteiger partial charge in [-0.1, -0.05) is 6.92 Å². The van der Waals surface area contributed by atoms with Crippen molar-refractivity contribution in [1.29, 1.82) is 0 Å². The summed E-state index contributed by atoms with van der Waals surface area (Å²) >= 11 is 0. The van der Waals surface area contributed by atoms with Gasteiger partial charge in [-0.25, -0.2) is 0 Å². The molecule has 1 aliphatic rings. The second kappa shape index (κ2) is 5.83. The summed E-state index contributed by atoms with van der Waals surface area (Å²) in [6.07, 6.45) is 3.90. The van der Waals surface area contributed by atoms with Crippen LogP contribution in [0.5, 0.6) is 0 Å². The lowest BCUT2D eigenvalue weighted by Crippen LogP contribution is -2.50. The summed E-state index contributed by atoms with van der Waals surface area (Å²) in [4.78, 5) is 14.3. The summed E-state index contributed by atoms with van der Waals surface area (Å²) in [6.45, 7) is 4.43. The highest BCUT2D eigenvalue weighted by Crippen LogP contribution is 2.34. The van der Waals surface area contributed by atoms with Crippen molar-refractivity contribution >= 4 is 5.97 Å². The van der Waals surface area contributed by atoms with Gasteiger partial charge in [-0.2, -0.15) is 0 Å². The second-order valence-corrected chi connectivity index (χ2v) is 5.14. The van der Waals surface area contributed by atoms with Crippen molar-refractivity contribution in [3.05, 3.63) is 0 Å². The van der Waals surface area contributed by atoms with E-state index >= 15 is 0 Å². The van der Waals surface area contributed by atoms with E-state index in [4.69, 9.17) is 4.74 Å². The second-order valence-electron chi connectivity index (χ2n) is 5.14. The zero-order valence-corrected chi connectivity index (χ0v) is 11.7.